The highest BCUT2D eigenvalue weighted by Crippen LogP contribution is 2.40. The lowest BCUT2D eigenvalue weighted by atomic mass is 10.1. The van der Waals surface area contributed by atoms with E-state index in [1.165, 1.54) is 16.7 Å². The molecule has 2 amide bonds. The van der Waals surface area contributed by atoms with Gasteiger partial charge in [-0.1, -0.05) is 12.1 Å². The lowest BCUT2D eigenvalue weighted by molar-refractivity contribution is -0.119. The second kappa shape index (κ2) is 9.14. The largest absolute Gasteiger partial charge is 0.497 e. The lowest BCUT2D eigenvalue weighted by Gasteiger charge is -2.16. The maximum Gasteiger partial charge on any atom is 0.272 e. The Morgan fingerprint density at radius 2 is 1.65 bits per heavy atom. The Bertz CT molecular complexity index is 1100. The Morgan fingerprint density at radius 1 is 0.935 bits per heavy atom. The minimum atomic E-state index is -0.360. The summed E-state index contributed by atoms with van der Waals surface area (Å²) in [7, 11) is 1.58. The van der Waals surface area contributed by atoms with Crippen LogP contribution in [0.1, 0.15) is 18.2 Å². The Balaban J connectivity index is 1.69. The maximum atomic E-state index is 13.4. The highest BCUT2D eigenvalue weighted by atomic mass is 32.2. The number of ether oxygens (including phenoxy) is 2. The molecule has 0 radical (unpaired) electrons. The van der Waals surface area contributed by atoms with Gasteiger partial charge in [0, 0.05) is 0 Å². The Labute approximate surface area is 184 Å². The molecule has 4 rings (SSSR count). The first-order valence-corrected chi connectivity index (χ1v) is 10.8. The van der Waals surface area contributed by atoms with Crippen molar-refractivity contribution >= 4 is 34.8 Å². The minimum Gasteiger partial charge on any atom is -0.497 e. The highest BCUT2D eigenvalue weighted by molar-refractivity contribution is 8.03. The molecular formula is C24H21NO5S. The standard InChI is InChI=1S/C24H21NO5S/c1-3-29-19-12-8-17(9-13-19)25-23(26)21(16-6-10-18(28-2)11-7-16)22(24(25)27)31-15-20-5-4-14-30-20/h4-14H,3,15H2,1-2H3. The maximum absolute atomic E-state index is 13.4. The molecule has 3 aromatic rings. The first-order valence-electron chi connectivity index (χ1n) is 9.78. The van der Waals surface area contributed by atoms with Crippen LogP contribution >= 0.6 is 11.8 Å². The molecule has 0 spiro atoms. The number of thioether (sulfide) groups is 1. The van der Waals surface area contributed by atoms with Gasteiger partial charge >= 0.3 is 0 Å². The molecule has 0 N–H and O–H groups in total. The van der Waals surface area contributed by atoms with Crippen molar-refractivity contribution in [3.63, 3.8) is 0 Å². The van der Waals surface area contributed by atoms with Crippen LogP contribution in [0.25, 0.3) is 5.57 Å². The summed E-state index contributed by atoms with van der Waals surface area (Å²) >= 11 is 1.29. The highest BCUT2D eigenvalue weighted by Gasteiger charge is 2.40. The fraction of sp³-hybridized carbons (Fsp3) is 0.167. The van der Waals surface area contributed by atoms with Gasteiger partial charge in [-0.25, -0.2) is 4.90 Å². The number of methoxy groups -OCH3 is 1. The van der Waals surface area contributed by atoms with Crippen LogP contribution in [-0.2, 0) is 15.3 Å². The number of carbonyl (C=O) groups excluding carboxylic acids is 2. The van der Waals surface area contributed by atoms with Crippen molar-refractivity contribution in [2.45, 2.75) is 12.7 Å². The van der Waals surface area contributed by atoms with Gasteiger partial charge in [-0.3, -0.25) is 9.59 Å². The monoisotopic (exact) mass is 435 g/mol. The molecule has 0 aliphatic carbocycles. The molecule has 0 fully saturated rings. The summed E-state index contributed by atoms with van der Waals surface area (Å²) in [6, 6.07) is 17.7. The number of benzene rings is 2. The molecule has 0 saturated carbocycles. The molecule has 31 heavy (non-hydrogen) atoms. The van der Waals surface area contributed by atoms with Gasteiger partial charge in [0.2, 0.25) is 0 Å². The summed E-state index contributed by atoms with van der Waals surface area (Å²) in [5.74, 6) is 1.82. The molecule has 0 bridgehead atoms. The zero-order chi connectivity index (χ0) is 21.8. The SMILES string of the molecule is CCOc1ccc(N2C(=O)C(SCc3ccco3)=C(c3ccc(OC)cc3)C2=O)cc1. The van der Waals surface area contributed by atoms with Crippen molar-refractivity contribution in [3.8, 4) is 11.5 Å². The second-order valence-corrected chi connectivity index (χ2v) is 7.66. The number of hydrogen-bond acceptors (Lipinski definition) is 6. The first kappa shape index (κ1) is 20.8. The smallest absolute Gasteiger partial charge is 0.272 e. The molecule has 7 heteroatoms. The number of rotatable bonds is 8. The Hall–Kier alpha value is -3.45. The summed E-state index contributed by atoms with van der Waals surface area (Å²) in [5, 5.41) is 0. The van der Waals surface area contributed by atoms with Gasteiger partial charge in [0.25, 0.3) is 11.8 Å². The molecule has 1 aliphatic rings. The number of hydrogen-bond donors (Lipinski definition) is 0. The molecular weight excluding hydrogens is 414 g/mol. The average Bonchev–Trinajstić information content (AvgIpc) is 3.39. The number of imide groups is 1. The van der Waals surface area contributed by atoms with Crippen LogP contribution in [0.2, 0.25) is 0 Å². The van der Waals surface area contributed by atoms with Crippen molar-refractivity contribution in [2.75, 3.05) is 18.6 Å². The molecule has 0 unspecified atom stereocenters. The van der Waals surface area contributed by atoms with E-state index in [0.29, 0.717) is 45.6 Å². The van der Waals surface area contributed by atoms with Gasteiger partial charge < -0.3 is 13.9 Å². The normalized spacial score (nSPS) is 13.8. The molecule has 1 aromatic heterocycles. The molecule has 2 aromatic carbocycles. The number of nitrogens with zero attached hydrogens (tertiary/aromatic N) is 1. The van der Waals surface area contributed by atoms with E-state index in [-0.39, 0.29) is 11.8 Å². The quantitative estimate of drug-likeness (QED) is 0.469. The van der Waals surface area contributed by atoms with E-state index in [1.807, 2.05) is 13.0 Å². The molecule has 1 aliphatic heterocycles. The molecule has 0 atom stereocenters. The van der Waals surface area contributed by atoms with Crippen molar-refractivity contribution in [3.05, 3.63) is 83.2 Å². The molecule has 6 nitrogen and oxygen atoms in total. The van der Waals surface area contributed by atoms with Crippen LogP contribution in [0.4, 0.5) is 5.69 Å². The second-order valence-electron chi connectivity index (χ2n) is 6.67. The Morgan fingerprint density at radius 3 is 2.26 bits per heavy atom. The number of anilines is 1. The number of furan rings is 1. The van der Waals surface area contributed by atoms with E-state index in [2.05, 4.69) is 0 Å². The molecule has 2 heterocycles. The van der Waals surface area contributed by atoms with Gasteiger partial charge in [-0.15, -0.1) is 11.8 Å². The summed E-state index contributed by atoms with van der Waals surface area (Å²) in [4.78, 5) is 28.3. The lowest BCUT2D eigenvalue weighted by Crippen LogP contribution is -2.31. The predicted octanol–water partition coefficient (Wildman–Crippen LogP) is 4.90. The van der Waals surface area contributed by atoms with Gasteiger partial charge in [0.15, 0.2) is 0 Å². The molecule has 158 valence electrons. The van der Waals surface area contributed by atoms with Gasteiger partial charge in [0.05, 0.1) is 41.9 Å². The topological polar surface area (TPSA) is 69.0 Å². The zero-order valence-corrected chi connectivity index (χ0v) is 18.0. The molecule has 0 saturated heterocycles. The van der Waals surface area contributed by atoms with E-state index < -0.39 is 0 Å². The van der Waals surface area contributed by atoms with E-state index in [9.17, 15) is 9.59 Å². The van der Waals surface area contributed by atoms with Crippen LogP contribution in [0.5, 0.6) is 11.5 Å². The predicted molar refractivity (Wildman–Crippen MR) is 120 cm³/mol. The summed E-state index contributed by atoms with van der Waals surface area (Å²) in [5.41, 5.74) is 1.53. The van der Waals surface area contributed by atoms with Crippen molar-refractivity contribution in [1.29, 1.82) is 0 Å². The van der Waals surface area contributed by atoms with Crippen LogP contribution < -0.4 is 14.4 Å². The number of amides is 2. The average molecular weight is 436 g/mol. The van der Waals surface area contributed by atoms with Crippen LogP contribution in [0.15, 0.2) is 76.2 Å². The van der Waals surface area contributed by atoms with Gasteiger partial charge in [-0.05, 0) is 61.0 Å². The summed E-state index contributed by atoms with van der Waals surface area (Å²) in [6.07, 6.45) is 1.59. The van der Waals surface area contributed by atoms with Crippen LogP contribution in [0, 0.1) is 0 Å². The van der Waals surface area contributed by atoms with Crippen LogP contribution in [-0.4, -0.2) is 25.5 Å². The minimum absolute atomic E-state index is 0.350. The van der Waals surface area contributed by atoms with E-state index in [1.54, 1.807) is 68.0 Å². The van der Waals surface area contributed by atoms with Gasteiger partial charge in [-0.2, -0.15) is 0 Å². The summed E-state index contributed by atoms with van der Waals surface area (Å²) in [6.45, 7) is 2.44. The van der Waals surface area contributed by atoms with Crippen molar-refractivity contribution in [2.24, 2.45) is 0 Å². The van der Waals surface area contributed by atoms with Gasteiger partial charge in [0.1, 0.15) is 17.3 Å². The van der Waals surface area contributed by atoms with Crippen LogP contribution in [0.3, 0.4) is 0 Å². The summed E-state index contributed by atoms with van der Waals surface area (Å²) < 4.78 is 16.1. The van der Waals surface area contributed by atoms with E-state index >= 15 is 0 Å². The van der Waals surface area contributed by atoms with Crippen molar-refractivity contribution in [1.82, 2.24) is 0 Å². The third kappa shape index (κ3) is 4.22. The fourth-order valence-corrected chi connectivity index (χ4v) is 4.30. The Kier molecular flexibility index (Phi) is 6.13. The van der Waals surface area contributed by atoms with E-state index in [4.69, 9.17) is 13.9 Å². The third-order valence-corrected chi connectivity index (χ3v) is 5.86. The third-order valence-electron chi connectivity index (χ3n) is 4.76. The first-order chi connectivity index (χ1) is 15.1. The number of carbonyl (C=O) groups is 2. The van der Waals surface area contributed by atoms with E-state index in [0.717, 1.165) is 5.76 Å². The fourth-order valence-electron chi connectivity index (χ4n) is 3.29. The van der Waals surface area contributed by atoms with Crippen molar-refractivity contribution < 1.29 is 23.5 Å². The zero-order valence-electron chi connectivity index (χ0n) is 17.2.